The van der Waals surface area contributed by atoms with Crippen LogP contribution in [0.4, 0.5) is 18.0 Å². The molecule has 9 nitrogen and oxygen atoms in total. The second-order valence-electron chi connectivity index (χ2n) is 9.08. The number of nitrogens with zero attached hydrogens (tertiary/aromatic N) is 2. The molecule has 0 spiro atoms. The van der Waals surface area contributed by atoms with Gasteiger partial charge >= 0.3 is 12.3 Å². The van der Waals surface area contributed by atoms with E-state index < -0.39 is 23.7 Å². The molecule has 2 amide bonds. The van der Waals surface area contributed by atoms with Gasteiger partial charge in [-0.15, -0.1) is 0 Å². The Labute approximate surface area is 217 Å². The van der Waals surface area contributed by atoms with Crippen molar-refractivity contribution in [3.63, 3.8) is 0 Å². The van der Waals surface area contributed by atoms with Crippen molar-refractivity contribution in [2.75, 3.05) is 19.7 Å². The van der Waals surface area contributed by atoms with Gasteiger partial charge in [-0.1, -0.05) is 17.3 Å². The molecular formula is C26H28F3N3O6. The van der Waals surface area contributed by atoms with Crippen molar-refractivity contribution in [1.29, 1.82) is 0 Å². The summed E-state index contributed by atoms with van der Waals surface area (Å²) >= 11 is 0. The molecular weight excluding hydrogens is 507 g/mol. The molecule has 0 radical (unpaired) electrons. The Balaban J connectivity index is 1.24. The van der Waals surface area contributed by atoms with Gasteiger partial charge < -0.3 is 19.6 Å². The number of ether oxygens (including phenoxy) is 1. The van der Waals surface area contributed by atoms with Crippen LogP contribution in [0.5, 0.6) is 5.75 Å². The number of fused-ring (bicyclic) bond motifs is 1. The summed E-state index contributed by atoms with van der Waals surface area (Å²) < 4.78 is 43.7. The molecule has 1 aliphatic carbocycles. The summed E-state index contributed by atoms with van der Waals surface area (Å²) in [4.78, 5) is 35.2. The molecule has 1 aliphatic heterocycles. The minimum absolute atomic E-state index is 0.0496. The molecule has 204 valence electrons. The first-order chi connectivity index (χ1) is 18.2. The summed E-state index contributed by atoms with van der Waals surface area (Å²) in [5.74, 6) is 0.0582. The summed E-state index contributed by atoms with van der Waals surface area (Å²) in [6, 6.07) is 10.2. The second-order valence-corrected chi connectivity index (χ2v) is 9.08. The number of hydrogen-bond acceptors (Lipinski definition) is 6. The highest BCUT2D eigenvalue weighted by atomic mass is 19.4. The number of nitrogens with one attached hydrogen (secondary N) is 1. The number of hydroxylamine groups is 1. The number of likely N-dealkylation sites (tertiary alicyclic amines) is 1. The number of piperidine rings is 1. The van der Waals surface area contributed by atoms with Gasteiger partial charge in [-0.3, -0.25) is 9.63 Å². The van der Waals surface area contributed by atoms with Crippen LogP contribution in [0.2, 0.25) is 0 Å². The van der Waals surface area contributed by atoms with E-state index in [-0.39, 0.29) is 19.3 Å². The van der Waals surface area contributed by atoms with E-state index in [9.17, 15) is 22.8 Å². The minimum Gasteiger partial charge on any atom is -0.484 e. The monoisotopic (exact) mass is 535 g/mol. The van der Waals surface area contributed by atoms with Crippen molar-refractivity contribution in [2.45, 2.75) is 51.0 Å². The fourth-order valence-corrected chi connectivity index (χ4v) is 4.29. The largest absolute Gasteiger partial charge is 0.484 e. The molecule has 0 atom stereocenters. The van der Waals surface area contributed by atoms with E-state index in [4.69, 9.17) is 19.5 Å². The number of amides is 2. The van der Waals surface area contributed by atoms with E-state index in [1.165, 1.54) is 17.0 Å². The zero-order chi connectivity index (χ0) is 27.1. The summed E-state index contributed by atoms with van der Waals surface area (Å²) in [6.45, 7) is 0.512. The van der Waals surface area contributed by atoms with Crippen molar-refractivity contribution in [1.82, 2.24) is 10.4 Å². The smallest absolute Gasteiger partial charge is 0.416 e. The number of rotatable bonds is 8. The van der Waals surface area contributed by atoms with Gasteiger partial charge in [0.1, 0.15) is 12.4 Å². The molecule has 2 N–H and O–H groups in total. The molecule has 0 unspecified atom stereocenters. The average Bonchev–Trinajstić information content (AvgIpc) is 2.90. The fourth-order valence-electron chi connectivity index (χ4n) is 4.29. The normalized spacial score (nSPS) is 17.1. The minimum atomic E-state index is -4.38. The van der Waals surface area contributed by atoms with Crippen LogP contribution in [0, 0.1) is 0 Å². The quantitative estimate of drug-likeness (QED) is 0.481. The van der Waals surface area contributed by atoms with Crippen LogP contribution in [-0.2, 0) is 33.7 Å². The van der Waals surface area contributed by atoms with Gasteiger partial charge in [0.25, 0.3) is 5.91 Å². The molecule has 1 fully saturated rings. The van der Waals surface area contributed by atoms with E-state index in [1.807, 2.05) is 12.1 Å². The van der Waals surface area contributed by atoms with Crippen molar-refractivity contribution >= 4 is 17.7 Å². The van der Waals surface area contributed by atoms with Gasteiger partial charge in [-0.05, 0) is 73.6 Å². The van der Waals surface area contributed by atoms with E-state index in [1.54, 1.807) is 6.07 Å². The zero-order valence-corrected chi connectivity index (χ0v) is 20.5. The third-order valence-electron chi connectivity index (χ3n) is 6.36. The van der Waals surface area contributed by atoms with Crippen LogP contribution in [0.15, 0.2) is 47.6 Å². The SMILES string of the molecule is O=C(COc1ccc2c(c1)CCCC2=NOCc1ccc(C(F)(F)F)cc1)NOC1CCN(C(=O)O)CC1. The Morgan fingerprint density at radius 3 is 2.50 bits per heavy atom. The van der Waals surface area contributed by atoms with Crippen LogP contribution < -0.4 is 10.2 Å². The van der Waals surface area contributed by atoms with E-state index in [0.717, 1.165) is 41.8 Å². The predicted molar refractivity (Wildman–Crippen MR) is 129 cm³/mol. The van der Waals surface area contributed by atoms with E-state index in [0.29, 0.717) is 43.7 Å². The number of halogens is 3. The molecule has 4 rings (SSSR count). The number of carbonyl (C=O) groups excluding carboxylic acids is 1. The Hall–Kier alpha value is -3.80. The molecule has 0 aromatic heterocycles. The number of carbonyl (C=O) groups is 2. The van der Waals surface area contributed by atoms with Crippen molar-refractivity contribution in [3.05, 3.63) is 64.7 Å². The summed E-state index contributed by atoms with van der Waals surface area (Å²) in [5.41, 5.74) is 4.86. The highest BCUT2D eigenvalue weighted by Gasteiger charge is 2.30. The molecule has 2 aromatic rings. The maximum atomic E-state index is 12.7. The summed E-state index contributed by atoms with van der Waals surface area (Å²) in [5, 5.41) is 13.2. The maximum absolute atomic E-state index is 12.7. The number of oxime groups is 1. The van der Waals surface area contributed by atoms with Gasteiger partial charge in [-0.2, -0.15) is 13.2 Å². The van der Waals surface area contributed by atoms with Crippen molar-refractivity contribution < 1.29 is 42.3 Å². The highest BCUT2D eigenvalue weighted by molar-refractivity contribution is 6.02. The van der Waals surface area contributed by atoms with Crippen LogP contribution in [0.3, 0.4) is 0 Å². The van der Waals surface area contributed by atoms with Gasteiger partial charge in [0.05, 0.1) is 17.4 Å². The molecule has 2 aromatic carbocycles. The highest BCUT2D eigenvalue weighted by Crippen LogP contribution is 2.29. The first-order valence-corrected chi connectivity index (χ1v) is 12.2. The standard InChI is InChI=1S/C26H28F3N3O6/c27-26(28,29)19-6-4-17(5-7-19)15-37-30-23-3-1-2-18-14-21(8-9-22(18)23)36-16-24(33)31-38-20-10-12-32(13-11-20)25(34)35/h4-9,14,20H,1-3,10-13,15-16H2,(H,31,33)(H,34,35). The summed E-state index contributed by atoms with van der Waals surface area (Å²) in [6.07, 6.45) is -2.26. The lowest BCUT2D eigenvalue weighted by Crippen LogP contribution is -2.42. The predicted octanol–water partition coefficient (Wildman–Crippen LogP) is 4.53. The zero-order valence-electron chi connectivity index (χ0n) is 20.5. The lowest BCUT2D eigenvalue weighted by atomic mass is 9.90. The van der Waals surface area contributed by atoms with E-state index in [2.05, 4.69) is 10.6 Å². The van der Waals surface area contributed by atoms with Crippen molar-refractivity contribution in [2.24, 2.45) is 5.16 Å². The molecule has 1 saturated heterocycles. The molecule has 12 heteroatoms. The Morgan fingerprint density at radius 2 is 1.82 bits per heavy atom. The number of alkyl halides is 3. The van der Waals surface area contributed by atoms with E-state index >= 15 is 0 Å². The topological polar surface area (TPSA) is 110 Å². The third-order valence-corrected chi connectivity index (χ3v) is 6.36. The average molecular weight is 536 g/mol. The number of aryl methyl sites for hydroxylation is 1. The Morgan fingerprint density at radius 1 is 1.08 bits per heavy atom. The van der Waals surface area contributed by atoms with Gasteiger partial charge in [0, 0.05) is 18.7 Å². The number of benzene rings is 2. The molecule has 38 heavy (non-hydrogen) atoms. The Bertz CT molecular complexity index is 1160. The number of hydrogen-bond donors (Lipinski definition) is 2. The molecule has 0 bridgehead atoms. The van der Waals surface area contributed by atoms with Crippen molar-refractivity contribution in [3.8, 4) is 5.75 Å². The first kappa shape index (κ1) is 27.2. The molecule has 0 saturated carbocycles. The van der Waals surface area contributed by atoms with Crippen LogP contribution in [-0.4, -0.2) is 53.5 Å². The lowest BCUT2D eigenvalue weighted by Gasteiger charge is -2.29. The lowest BCUT2D eigenvalue weighted by molar-refractivity contribution is -0.142. The van der Waals surface area contributed by atoms with Gasteiger partial charge in [0.15, 0.2) is 6.61 Å². The molecule has 2 aliphatic rings. The maximum Gasteiger partial charge on any atom is 0.416 e. The van der Waals surface area contributed by atoms with Crippen LogP contribution >= 0.6 is 0 Å². The third kappa shape index (κ3) is 7.37. The Kier molecular flexibility index (Phi) is 8.72. The molecule has 1 heterocycles. The number of carboxylic acid groups (broad SMARTS) is 1. The van der Waals surface area contributed by atoms with Crippen LogP contribution in [0.25, 0.3) is 0 Å². The second kappa shape index (κ2) is 12.2. The van der Waals surface area contributed by atoms with Crippen LogP contribution in [0.1, 0.15) is 47.9 Å². The van der Waals surface area contributed by atoms with Gasteiger partial charge in [0.2, 0.25) is 0 Å². The summed E-state index contributed by atoms with van der Waals surface area (Å²) in [7, 11) is 0. The fraction of sp³-hybridized carbons (Fsp3) is 0.423. The van der Waals surface area contributed by atoms with Gasteiger partial charge in [-0.25, -0.2) is 10.3 Å². The first-order valence-electron chi connectivity index (χ1n) is 12.2.